The number of aromatic nitrogens is 2. The number of alkyl carbamates (subject to hydrolysis) is 2. The summed E-state index contributed by atoms with van der Waals surface area (Å²) in [5, 5.41) is 10.5. The molecule has 0 radical (unpaired) electrons. The molecule has 0 spiro atoms. The smallest absolute Gasteiger partial charge is 0.407 e. The Morgan fingerprint density at radius 2 is 1.37 bits per heavy atom. The van der Waals surface area contributed by atoms with Gasteiger partial charge < -0.3 is 40.2 Å². The second-order valence-electron chi connectivity index (χ2n) is 17.4. The van der Waals surface area contributed by atoms with Crippen LogP contribution in [0.2, 0.25) is 0 Å². The summed E-state index contributed by atoms with van der Waals surface area (Å²) in [6.07, 6.45) is 5.37. The summed E-state index contributed by atoms with van der Waals surface area (Å²) >= 11 is 0. The molecule has 2 fully saturated rings. The van der Waals surface area contributed by atoms with Crippen molar-refractivity contribution in [2.45, 2.75) is 84.5 Å². The molecule has 1 aromatic heterocycles. The average Bonchev–Trinajstić information content (AvgIpc) is 4.12. The lowest BCUT2D eigenvalue weighted by Crippen LogP contribution is -2.53. The number of aliphatic imine (C=N–C) groups is 1. The van der Waals surface area contributed by atoms with Gasteiger partial charge in [0.2, 0.25) is 17.7 Å². The van der Waals surface area contributed by atoms with E-state index in [9.17, 15) is 24.0 Å². The van der Waals surface area contributed by atoms with E-state index >= 15 is 0 Å². The van der Waals surface area contributed by atoms with Gasteiger partial charge in [-0.2, -0.15) is 0 Å². The number of nitrogens with zero attached hydrogens (tertiary/aromatic N) is 4. The number of nitrogens with one attached hydrogen (secondary N) is 4. The number of aromatic amines is 1. The number of ether oxygens (including phenoxy) is 2. The van der Waals surface area contributed by atoms with Crippen LogP contribution in [0.25, 0.3) is 38.7 Å². The highest BCUT2D eigenvalue weighted by molar-refractivity contribution is 6.04. The Hall–Kier alpha value is -6.51. The van der Waals surface area contributed by atoms with E-state index in [2.05, 4.69) is 69.5 Å². The van der Waals surface area contributed by atoms with Crippen LogP contribution in [0.15, 0.2) is 78.1 Å². The average molecular weight is 859 g/mol. The fourth-order valence-corrected chi connectivity index (χ4v) is 8.94. The molecule has 4 N–H and O–H groups in total. The van der Waals surface area contributed by atoms with Crippen LogP contribution in [-0.4, -0.2) is 107 Å². The molecule has 3 aliphatic heterocycles. The molecule has 332 valence electrons. The molecule has 0 unspecified atom stereocenters. The molecule has 0 saturated carbocycles. The van der Waals surface area contributed by atoms with E-state index < -0.39 is 24.3 Å². The maximum atomic E-state index is 14.0. The van der Waals surface area contributed by atoms with Gasteiger partial charge in [-0.15, -0.1) is 0 Å². The number of H-pyrrole nitrogens is 1. The zero-order valence-corrected chi connectivity index (χ0v) is 37.1. The van der Waals surface area contributed by atoms with Crippen LogP contribution in [0, 0.1) is 17.8 Å². The monoisotopic (exact) mass is 858 g/mol. The Labute approximate surface area is 368 Å². The molecule has 3 aliphatic rings. The van der Waals surface area contributed by atoms with Crippen molar-refractivity contribution in [2.75, 3.05) is 33.9 Å². The first-order valence-corrected chi connectivity index (χ1v) is 21.7. The number of hydrogen-bond donors (Lipinski definition) is 4. The number of likely N-dealkylation sites (tertiary alicyclic amines) is 2. The fraction of sp³-hybridized carbons (Fsp3) is 0.438. The van der Waals surface area contributed by atoms with Gasteiger partial charge in [-0.05, 0) is 87.7 Å². The van der Waals surface area contributed by atoms with Crippen LogP contribution in [0.5, 0.6) is 0 Å². The first-order chi connectivity index (χ1) is 30.2. The summed E-state index contributed by atoms with van der Waals surface area (Å²) in [6, 6.07) is 19.2. The summed E-state index contributed by atoms with van der Waals surface area (Å²) in [4.78, 5) is 80.1. The largest absolute Gasteiger partial charge is 0.453 e. The highest BCUT2D eigenvalue weighted by atomic mass is 16.5. The molecular weight excluding hydrogens is 801 g/mol. The number of methoxy groups -OCH3 is 2. The summed E-state index contributed by atoms with van der Waals surface area (Å²) in [7, 11) is 2.57. The molecule has 0 aliphatic carbocycles. The van der Waals surface area contributed by atoms with Crippen molar-refractivity contribution < 1.29 is 33.4 Å². The Morgan fingerprint density at radius 1 is 0.778 bits per heavy atom. The molecule has 15 nitrogen and oxygen atoms in total. The van der Waals surface area contributed by atoms with Gasteiger partial charge in [0.05, 0.1) is 38.2 Å². The zero-order chi connectivity index (χ0) is 44.9. The second kappa shape index (κ2) is 19.3. The minimum atomic E-state index is -0.789. The van der Waals surface area contributed by atoms with Crippen LogP contribution < -0.4 is 16.0 Å². The number of fused-ring (bicyclic) bond motifs is 1. The minimum absolute atomic E-state index is 0.00584. The van der Waals surface area contributed by atoms with Crippen LogP contribution in [0.4, 0.5) is 9.59 Å². The Morgan fingerprint density at radius 3 is 1.98 bits per heavy atom. The fourth-order valence-electron chi connectivity index (χ4n) is 8.94. The number of carbonyl (C=O) groups excluding carboxylic acids is 5. The Kier molecular flexibility index (Phi) is 13.6. The number of carbonyl (C=O) groups is 5. The van der Waals surface area contributed by atoms with Crippen molar-refractivity contribution in [3.8, 4) is 22.4 Å². The molecule has 4 aromatic rings. The lowest BCUT2D eigenvalue weighted by Gasteiger charge is -2.31. The number of hydrogen-bond acceptors (Lipinski definition) is 9. The number of benzene rings is 3. The summed E-state index contributed by atoms with van der Waals surface area (Å²) < 4.78 is 9.58. The topological polar surface area (TPSA) is 187 Å². The molecule has 15 heteroatoms. The molecule has 63 heavy (non-hydrogen) atoms. The van der Waals surface area contributed by atoms with Crippen molar-refractivity contribution in [2.24, 2.45) is 22.7 Å². The van der Waals surface area contributed by atoms with Gasteiger partial charge in [0.25, 0.3) is 0 Å². The highest BCUT2D eigenvalue weighted by Crippen LogP contribution is 2.37. The molecule has 4 heterocycles. The summed E-state index contributed by atoms with van der Waals surface area (Å²) in [5.74, 6) is -0.107. The predicted molar refractivity (Wildman–Crippen MR) is 241 cm³/mol. The van der Waals surface area contributed by atoms with Gasteiger partial charge in [0.1, 0.15) is 17.9 Å². The van der Waals surface area contributed by atoms with Crippen LogP contribution in [0.3, 0.4) is 0 Å². The molecule has 2 saturated heterocycles. The molecule has 3 aromatic carbocycles. The lowest BCUT2D eigenvalue weighted by molar-refractivity contribution is -0.136. The zero-order valence-electron chi connectivity index (χ0n) is 37.1. The van der Waals surface area contributed by atoms with E-state index in [1.54, 1.807) is 11.1 Å². The van der Waals surface area contributed by atoms with Crippen LogP contribution >= 0.6 is 0 Å². The number of amides is 5. The molecule has 5 atom stereocenters. The lowest BCUT2D eigenvalue weighted by atomic mass is 9.94. The minimum Gasteiger partial charge on any atom is -0.453 e. The van der Waals surface area contributed by atoms with Crippen LogP contribution in [-0.2, 0) is 23.9 Å². The Bertz CT molecular complexity index is 2420. The third-order valence-electron chi connectivity index (χ3n) is 12.4. The van der Waals surface area contributed by atoms with E-state index in [1.807, 2.05) is 50.9 Å². The third kappa shape index (κ3) is 9.92. The first kappa shape index (κ1) is 44.5. The third-order valence-corrected chi connectivity index (χ3v) is 12.4. The van der Waals surface area contributed by atoms with E-state index in [0.29, 0.717) is 38.3 Å². The molecule has 5 amide bonds. The molecule has 0 bridgehead atoms. The van der Waals surface area contributed by atoms with Crippen LogP contribution in [0.1, 0.15) is 77.7 Å². The second-order valence-corrected chi connectivity index (χ2v) is 17.4. The van der Waals surface area contributed by atoms with Gasteiger partial charge in [-0.25, -0.2) is 14.6 Å². The van der Waals surface area contributed by atoms with E-state index in [0.717, 1.165) is 62.8 Å². The van der Waals surface area contributed by atoms with E-state index in [1.165, 1.54) is 21.1 Å². The normalized spacial score (nSPS) is 19.5. The van der Waals surface area contributed by atoms with Crippen molar-refractivity contribution in [3.63, 3.8) is 0 Å². The Balaban J connectivity index is 1.02. The molecule has 7 rings (SSSR count). The van der Waals surface area contributed by atoms with Gasteiger partial charge in [-0.3, -0.25) is 19.4 Å². The SMILES string of the molecule is COC(=O)N[C@H](C(=O)N1CCC[C@H]1C1=NC=C(c2ccc3cc(-c4ccc(-c5cnc([C@@H]6C[C@H](CNC(C)=O)CN6C(=O)[C@@H](NC(=O)OC)C(C)C)[nH]5)cc4)ccc3c2)C1)C(C)C. The first-order valence-electron chi connectivity index (χ1n) is 21.7. The molecular formula is C48H58N8O7. The van der Waals surface area contributed by atoms with E-state index in [4.69, 9.17) is 19.5 Å². The van der Waals surface area contributed by atoms with Crippen molar-refractivity contribution in [1.29, 1.82) is 0 Å². The standard InChI is InChI=1S/C48H58N8O7/c1-27(2)42(53-47(60)62-6)45(58)55-18-8-9-40(55)38-22-37(24-50-38)36-17-16-34-20-33(14-15-35(34)21-36)31-10-12-32(13-11-31)39-25-51-44(52-39)41-19-30(23-49-29(5)57)26-56(41)46(59)43(28(3)4)54-48(61)63-7/h10-17,20-21,24-25,27-28,30,40-43H,8-9,18-19,22-23,26H2,1-7H3,(H,49,57)(H,51,52)(H,53,60)(H,54,61)/t30-,40+,41+,42+,43+/m1/s1. The summed E-state index contributed by atoms with van der Waals surface area (Å²) in [5.41, 5.74) is 7.05. The van der Waals surface area contributed by atoms with Gasteiger partial charge in [0, 0.05) is 44.9 Å². The quantitative estimate of drug-likeness (QED) is 0.112. The van der Waals surface area contributed by atoms with Gasteiger partial charge in [0.15, 0.2) is 0 Å². The number of rotatable bonds is 13. The maximum absolute atomic E-state index is 14.0. The predicted octanol–water partition coefficient (Wildman–Crippen LogP) is 6.86. The summed E-state index contributed by atoms with van der Waals surface area (Å²) in [6.45, 7) is 10.5. The van der Waals surface area contributed by atoms with Crippen molar-refractivity contribution >= 4 is 52.0 Å². The van der Waals surface area contributed by atoms with Crippen molar-refractivity contribution in [3.05, 3.63) is 84.4 Å². The number of allylic oxidation sites excluding steroid dienone is 1. The van der Waals surface area contributed by atoms with Gasteiger partial charge in [-0.1, -0.05) is 76.2 Å². The highest BCUT2D eigenvalue weighted by Gasteiger charge is 2.42. The van der Waals surface area contributed by atoms with Crippen molar-refractivity contribution in [1.82, 2.24) is 35.7 Å². The maximum Gasteiger partial charge on any atom is 0.407 e. The van der Waals surface area contributed by atoms with E-state index in [-0.39, 0.29) is 47.6 Å². The van der Waals surface area contributed by atoms with Gasteiger partial charge >= 0.3 is 12.2 Å². The number of imidazole rings is 1.